The lowest BCUT2D eigenvalue weighted by atomic mass is 10.1. The van der Waals surface area contributed by atoms with E-state index in [2.05, 4.69) is 5.32 Å². The van der Waals surface area contributed by atoms with E-state index in [9.17, 15) is 4.79 Å². The van der Waals surface area contributed by atoms with Gasteiger partial charge in [0.2, 0.25) is 0 Å². The predicted octanol–water partition coefficient (Wildman–Crippen LogP) is 3.30. The summed E-state index contributed by atoms with van der Waals surface area (Å²) in [5.41, 5.74) is 0.816. The standard InChI is InChI=1S/C13H17Cl2NO3S/c1-19-12-9(14)5-8(6-10(12)15)7-16-11(13(17)18)3-4-20-2/h5-6,11,16H,3-4,7H2,1-2H3,(H,17,18). The molecule has 1 atom stereocenters. The van der Waals surface area contributed by atoms with Crippen LogP contribution in [0.3, 0.4) is 0 Å². The van der Waals surface area contributed by atoms with Crippen LogP contribution in [0.25, 0.3) is 0 Å². The van der Waals surface area contributed by atoms with Crippen LogP contribution in [0, 0.1) is 0 Å². The fraction of sp³-hybridized carbons (Fsp3) is 0.462. The maximum absolute atomic E-state index is 11.1. The number of benzene rings is 1. The SMILES string of the molecule is COc1c(Cl)cc(CNC(CCSC)C(=O)O)cc1Cl. The summed E-state index contributed by atoms with van der Waals surface area (Å²) in [6, 6.07) is 2.85. The molecule has 0 saturated heterocycles. The quantitative estimate of drug-likeness (QED) is 0.762. The van der Waals surface area contributed by atoms with Crippen LogP contribution in [-0.2, 0) is 11.3 Å². The van der Waals surface area contributed by atoms with E-state index in [-0.39, 0.29) is 0 Å². The van der Waals surface area contributed by atoms with Crippen molar-refractivity contribution in [3.8, 4) is 5.75 Å². The molecule has 7 heteroatoms. The largest absolute Gasteiger partial charge is 0.494 e. The van der Waals surface area contributed by atoms with E-state index in [1.165, 1.54) is 7.11 Å². The third-order valence-corrected chi connectivity index (χ3v) is 3.93. The first-order valence-corrected chi connectivity index (χ1v) is 8.11. The monoisotopic (exact) mass is 337 g/mol. The number of hydrogen-bond donors (Lipinski definition) is 2. The first-order valence-electron chi connectivity index (χ1n) is 5.96. The Kier molecular flexibility index (Phi) is 7.51. The Balaban J connectivity index is 2.70. The molecule has 1 rings (SSSR count). The zero-order chi connectivity index (χ0) is 15.1. The highest BCUT2D eigenvalue weighted by Crippen LogP contribution is 2.33. The van der Waals surface area contributed by atoms with E-state index < -0.39 is 12.0 Å². The number of nitrogens with one attached hydrogen (secondary N) is 1. The summed E-state index contributed by atoms with van der Waals surface area (Å²) in [5, 5.41) is 12.9. The number of hydrogen-bond acceptors (Lipinski definition) is 4. The maximum atomic E-state index is 11.1. The van der Waals surface area contributed by atoms with Gasteiger partial charge in [-0.2, -0.15) is 11.8 Å². The van der Waals surface area contributed by atoms with E-state index >= 15 is 0 Å². The van der Waals surface area contributed by atoms with Gasteiger partial charge < -0.3 is 15.2 Å². The van der Waals surface area contributed by atoms with Gasteiger partial charge in [0, 0.05) is 6.54 Å². The minimum absolute atomic E-state index is 0.384. The molecule has 0 aromatic heterocycles. The average Bonchev–Trinajstić information content (AvgIpc) is 2.38. The molecule has 0 aliphatic heterocycles. The molecule has 20 heavy (non-hydrogen) atoms. The van der Waals surface area contributed by atoms with Crippen molar-refractivity contribution in [2.75, 3.05) is 19.1 Å². The van der Waals surface area contributed by atoms with Crippen LogP contribution in [0.1, 0.15) is 12.0 Å². The molecule has 4 nitrogen and oxygen atoms in total. The van der Waals surface area contributed by atoms with Gasteiger partial charge in [-0.05, 0) is 36.1 Å². The van der Waals surface area contributed by atoms with Crippen LogP contribution < -0.4 is 10.1 Å². The zero-order valence-electron chi connectivity index (χ0n) is 11.3. The number of carbonyl (C=O) groups is 1. The molecule has 112 valence electrons. The molecule has 1 aromatic rings. The Morgan fingerprint density at radius 3 is 2.50 bits per heavy atom. The van der Waals surface area contributed by atoms with E-state index in [4.69, 9.17) is 33.0 Å². The molecule has 2 N–H and O–H groups in total. The summed E-state index contributed by atoms with van der Waals surface area (Å²) in [5.74, 6) is 0.354. The predicted molar refractivity (Wildman–Crippen MR) is 84.3 cm³/mol. The molecule has 0 aliphatic rings. The Bertz CT molecular complexity index is 448. The van der Waals surface area contributed by atoms with Crippen LogP contribution in [-0.4, -0.2) is 36.2 Å². The molecule has 0 heterocycles. The molecular formula is C13H17Cl2NO3S. The molecule has 1 unspecified atom stereocenters. The van der Waals surface area contributed by atoms with Gasteiger partial charge in [-0.15, -0.1) is 0 Å². The maximum Gasteiger partial charge on any atom is 0.320 e. The summed E-state index contributed by atoms with van der Waals surface area (Å²) in [4.78, 5) is 11.1. The van der Waals surface area contributed by atoms with Crippen molar-refractivity contribution >= 4 is 40.9 Å². The van der Waals surface area contributed by atoms with Gasteiger partial charge in [0.15, 0.2) is 5.75 Å². The lowest BCUT2D eigenvalue weighted by Crippen LogP contribution is -2.36. The van der Waals surface area contributed by atoms with Crippen LogP contribution in [0.5, 0.6) is 5.75 Å². The van der Waals surface area contributed by atoms with Crippen molar-refractivity contribution in [1.82, 2.24) is 5.32 Å². The minimum Gasteiger partial charge on any atom is -0.494 e. The van der Waals surface area contributed by atoms with Crippen molar-refractivity contribution in [1.29, 1.82) is 0 Å². The van der Waals surface area contributed by atoms with Gasteiger partial charge in [-0.25, -0.2) is 0 Å². The van der Waals surface area contributed by atoms with Crippen molar-refractivity contribution in [3.05, 3.63) is 27.7 Å². The van der Waals surface area contributed by atoms with Crippen LogP contribution in [0.2, 0.25) is 10.0 Å². The van der Waals surface area contributed by atoms with Crippen molar-refractivity contribution in [3.63, 3.8) is 0 Å². The number of methoxy groups -OCH3 is 1. The normalized spacial score (nSPS) is 12.2. The molecule has 0 radical (unpaired) electrons. The molecule has 0 spiro atoms. The van der Waals surface area contributed by atoms with Gasteiger partial charge in [0.05, 0.1) is 17.2 Å². The number of carboxylic acids is 1. The van der Waals surface area contributed by atoms with Crippen LogP contribution >= 0.6 is 35.0 Å². The van der Waals surface area contributed by atoms with Crippen molar-refractivity contribution < 1.29 is 14.6 Å². The highest BCUT2D eigenvalue weighted by molar-refractivity contribution is 7.98. The second-order valence-electron chi connectivity index (χ2n) is 4.15. The molecule has 0 saturated carbocycles. The summed E-state index contributed by atoms with van der Waals surface area (Å²) in [6.45, 7) is 0.384. The Hall–Kier alpha value is -0.620. The van der Waals surface area contributed by atoms with E-state index in [0.29, 0.717) is 28.8 Å². The lowest BCUT2D eigenvalue weighted by Gasteiger charge is -2.15. The average molecular weight is 338 g/mol. The van der Waals surface area contributed by atoms with Crippen molar-refractivity contribution in [2.45, 2.75) is 19.0 Å². The van der Waals surface area contributed by atoms with Gasteiger partial charge in [0.25, 0.3) is 0 Å². The molecule has 0 fully saturated rings. The first kappa shape index (κ1) is 17.4. The Morgan fingerprint density at radius 1 is 1.45 bits per heavy atom. The second-order valence-corrected chi connectivity index (χ2v) is 5.95. The fourth-order valence-electron chi connectivity index (χ4n) is 1.70. The Morgan fingerprint density at radius 2 is 2.05 bits per heavy atom. The number of carboxylic acid groups (broad SMARTS) is 1. The highest BCUT2D eigenvalue weighted by Gasteiger charge is 2.16. The summed E-state index contributed by atoms with van der Waals surface area (Å²) < 4.78 is 5.07. The summed E-state index contributed by atoms with van der Waals surface area (Å²) in [7, 11) is 1.49. The molecular weight excluding hydrogens is 321 g/mol. The smallest absolute Gasteiger partial charge is 0.320 e. The third-order valence-electron chi connectivity index (χ3n) is 2.72. The van der Waals surface area contributed by atoms with Gasteiger partial charge >= 0.3 is 5.97 Å². The van der Waals surface area contributed by atoms with Gasteiger partial charge in [-0.3, -0.25) is 4.79 Å². The van der Waals surface area contributed by atoms with Crippen molar-refractivity contribution in [2.24, 2.45) is 0 Å². The Labute approximate surface area is 132 Å². The number of ether oxygens (including phenoxy) is 1. The second kappa shape index (κ2) is 8.62. The number of rotatable bonds is 8. The molecule has 1 aromatic carbocycles. The zero-order valence-corrected chi connectivity index (χ0v) is 13.6. The summed E-state index contributed by atoms with van der Waals surface area (Å²) >= 11 is 13.7. The van der Waals surface area contributed by atoms with E-state index in [0.717, 1.165) is 11.3 Å². The molecule has 0 amide bonds. The first-order chi connectivity index (χ1) is 9.49. The molecule has 0 aliphatic carbocycles. The third kappa shape index (κ3) is 5.05. The van der Waals surface area contributed by atoms with E-state index in [1.54, 1.807) is 23.9 Å². The fourth-order valence-corrected chi connectivity index (χ4v) is 2.86. The van der Waals surface area contributed by atoms with Gasteiger partial charge in [0.1, 0.15) is 6.04 Å². The number of aliphatic carboxylic acids is 1. The minimum atomic E-state index is -0.857. The number of halogens is 2. The number of thioether (sulfide) groups is 1. The van der Waals surface area contributed by atoms with E-state index in [1.807, 2.05) is 6.26 Å². The summed E-state index contributed by atoms with van der Waals surface area (Å²) in [6.07, 6.45) is 2.51. The van der Waals surface area contributed by atoms with Crippen LogP contribution in [0.4, 0.5) is 0 Å². The molecule has 0 bridgehead atoms. The van der Waals surface area contributed by atoms with Crippen LogP contribution in [0.15, 0.2) is 12.1 Å². The highest BCUT2D eigenvalue weighted by atomic mass is 35.5. The van der Waals surface area contributed by atoms with Gasteiger partial charge in [-0.1, -0.05) is 23.2 Å². The topological polar surface area (TPSA) is 58.6 Å². The lowest BCUT2D eigenvalue weighted by molar-refractivity contribution is -0.139.